The van der Waals surface area contributed by atoms with Crippen LogP contribution in [0.4, 0.5) is 22.0 Å². The first-order chi connectivity index (χ1) is 9.45. The fraction of sp³-hybridized carbons (Fsp3) is 0.0714. The van der Waals surface area contributed by atoms with Crippen LogP contribution in [0, 0.1) is 29.1 Å². The van der Waals surface area contributed by atoms with Gasteiger partial charge in [0.1, 0.15) is 6.29 Å². The fourth-order valence-corrected chi connectivity index (χ4v) is 1.72. The number of hydrogen-bond acceptors (Lipinski definition) is 1. The maximum absolute atomic E-state index is 13.5. The summed E-state index contributed by atoms with van der Waals surface area (Å²) in [5.41, 5.74) is -0.245. The molecule has 0 aliphatic carbocycles. The van der Waals surface area contributed by atoms with E-state index < -0.39 is 41.1 Å². The zero-order chi connectivity index (χ0) is 14.9. The Morgan fingerprint density at radius 3 is 1.65 bits per heavy atom. The van der Waals surface area contributed by atoms with E-state index in [1.54, 1.807) is 0 Å². The molecular weight excluding hydrogens is 279 g/mol. The second-order valence-electron chi connectivity index (χ2n) is 4.08. The summed E-state index contributed by atoms with van der Waals surface area (Å²) in [4.78, 5) is 10.5. The minimum Gasteiger partial charge on any atom is -0.298 e. The van der Waals surface area contributed by atoms with Crippen molar-refractivity contribution in [2.45, 2.75) is 6.42 Å². The molecule has 0 spiro atoms. The van der Waals surface area contributed by atoms with E-state index in [2.05, 4.69) is 0 Å². The molecule has 0 aliphatic heterocycles. The number of carbonyl (C=O) groups excluding carboxylic acids is 1. The van der Waals surface area contributed by atoms with Gasteiger partial charge >= 0.3 is 0 Å². The minimum absolute atomic E-state index is 0.318. The van der Waals surface area contributed by atoms with Crippen LogP contribution in [0.25, 0.3) is 0 Å². The number of aldehydes is 1. The number of rotatable bonds is 3. The Morgan fingerprint density at radius 2 is 1.20 bits per heavy atom. The standard InChI is InChI=1S/C14H7F5O/c15-10-9(11(16)13(18)14(19)12(10)17)5-7-1-3-8(6-20)4-2-7/h1-4,6H,5H2. The highest BCUT2D eigenvalue weighted by Gasteiger charge is 2.25. The highest BCUT2D eigenvalue weighted by molar-refractivity contribution is 5.74. The van der Waals surface area contributed by atoms with Gasteiger partial charge in [-0.3, -0.25) is 4.79 Å². The summed E-state index contributed by atoms with van der Waals surface area (Å²) in [6.45, 7) is 0. The van der Waals surface area contributed by atoms with Gasteiger partial charge in [-0.2, -0.15) is 0 Å². The van der Waals surface area contributed by atoms with Crippen LogP contribution in [0.2, 0.25) is 0 Å². The predicted octanol–water partition coefficient (Wildman–Crippen LogP) is 3.79. The third kappa shape index (κ3) is 2.41. The van der Waals surface area contributed by atoms with Crippen LogP contribution in [0.15, 0.2) is 24.3 Å². The molecule has 20 heavy (non-hydrogen) atoms. The predicted molar refractivity (Wildman–Crippen MR) is 60.9 cm³/mol. The number of hydrogen-bond donors (Lipinski definition) is 0. The van der Waals surface area contributed by atoms with E-state index in [9.17, 15) is 26.7 Å². The fourth-order valence-electron chi connectivity index (χ4n) is 1.72. The van der Waals surface area contributed by atoms with E-state index in [1.807, 2.05) is 0 Å². The molecular formula is C14H7F5O. The molecule has 0 bridgehead atoms. The van der Waals surface area contributed by atoms with Crippen molar-refractivity contribution in [2.24, 2.45) is 0 Å². The lowest BCUT2D eigenvalue weighted by atomic mass is 10.0. The van der Waals surface area contributed by atoms with E-state index in [0.29, 0.717) is 17.4 Å². The molecule has 104 valence electrons. The topological polar surface area (TPSA) is 17.1 Å². The van der Waals surface area contributed by atoms with Crippen LogP contribution < -0.4 is 0 Å². The zero-order valence-electron chi connectivity index (χ0n) is 9.89. The molecule has 2 aromatic rings. The molecule has 6 heteroatoms. The van der Waals surface area contributed by atoms with Gasteiger partial charge in [-0.25, -0.2) is 22.0 Å². The van der Waals surface area contributed by atoms with Gasteiger partial charge in [-0.15, -0.1) is 0 Å². The van der Waals surface area contributed by atoms with Gasteiger partial charge in [0.2, 0.25) is 5.82 Å². The molecule has 0 unspecified atom stereocenters. The summed E-state index contributed by atoms with van der Waals surface area (Å²) < 4.78 is 65.8. The molecule has 0 N–H and O–H groups in total. The van der Waals surface area contributed by atoms with Crippen LogP contribution in [0.5, 0.6) is 0 Å². The largest absolute Gasteiger partial charge is 0.298 e. The Hall–Kier alpha value is -2.24. The average Bonchev–Trinajstić information content (AvgIpc) is 2.48. The molecule has 0 amide bonds. The van der Waals surface area contributed by atoms with E-state index >= 15 is 0 Å². The van der Waals surface area contributed by atoms with Gasteiger partial charge in [0.25, 0.3) is 0 Å². The molecule has 2 rings (SSSR count). The van der Waals surface area contributed by atoms with Crippen molar-refractivity contribution in [2.75, 3.05) is 0 Å². The van der Waals surface area contributed by atoms with E-state index in [0.717, 1.165) is 0 Å². The molecule has 2 aromatic carbocycles. The van der Waals surface area contributed by atoms with Crippen LogP contribution >= 0.6 is 0 Å². The molecule has 0 saturated carbocycles. The van der Waals surface area contributed by atoms with Gasteiger partial charge in [-0.05, 0) is 5.56 Å². The average molecular weight is 286 g/mol. The number of carbonyl (C=O) groups is 1. The summed E-state index contributed by atoms with van der Waals surface area (Å²) in [6, 6.07) is 5.52. The SMILES string of the molecule is O=Cc1ccc(Cc2c(F)c(F)c(F)c(F)c2F)cc1. The van der Waals surface area contributed by atoms with Crippen molar-refractivity contribution >= 4 is 6.29 Å². The van der Waals surface area contributed by atoms with Crippen molar-refractivity contribution < 1.29 is 26.7 Å². The third-order valence-corrected chi connectivity index (χ3v) is 2.80. The molecule has 0 aliphatic rings. The molecule has 0 aromatic heterocycles. The molecule has 0 radical (unpaired) electrons. The Kier molecular flexibility index (Phi) is 3.83. The quantitative estimate of drug-likeness (QED) is 0.363. The highest BCUT2D eigenvalue weighted by Crippen LogP contribution is 2.25. The lowest BCUT2D eigenvalue weighted by Gasteiger charge is -2.08. The van der Waals surface area contributed by atoms with Crippen LogP contribution in [-0.4, -0.2) is 6.29 Å². The van der Waals surface area contributed by atoms with Gasteiger partial charge in [0, 0.05) is 17.5 Å². The first-order valence-corrected chi connectivity index (χ1v) is 5.50. The molecule has 0 saturated heterocycles. The van der Waals surface area contributed by atoms with Crippen molar-refractivity contribution in [3.05, 3.63) is 70.0 Å². The zero-order valence-corrected chi connectivity index (χ0v) is 9.89. The highest BCUT2D eigenvalue weighted by atomic mass is 19.2. The summed E-state index contributed by atoms with van der Waals surface area (Å²) in [7, 11) is 0. The van der Waals surface area contributed by atoms with Crippen LogP contribution in [0.1, 0.15) is 21.5 Å². The summed E-state index contributed by atoms with van der Waals surface area (Å²) in [5, 5.41) is 0. The van der Waals surface area contributed by atoms with Crippen molar-refractivity contribution in [3.8, 4) is 0 Å². The maximum Gasteiger partial charge on any atom is 0.200 e. The minimum atomic E-state index is -2.18. The first kappa shape index (κ1) is 14.2. The van der Waals surface area contributed by atoms with Gasteiger partial charge < -0.3 is 0 Å². The second kappa shape index (κ2) is 5.40. The van der Waals surface area contributed by atoms with Crippen molar-refractivity contribution in [1.29, 1.82) is 0 Å². The molecule has 0 heterocycles. The second-order valence-corrected chi connectivity index (χ2v) is 4.08. The van der Waals surface area contributed by atoms with Gasteiger partial charge in [-0.1, -0.05) is 24.3 Å². The Bertz CT molecular complexity index is 635. The number of benzene rings is 2. The van der Waals surface area contributed by atoms with Crippen LogP contribution in [0.3, 0.4) is 0 Å². The van der Waals surface area contributed by atoms with Gasteiger partial charge in [0.05, 0.1) is 0 Å². The summed E-state index contributed by atoms with van der Waals surface area (Å²) >= 11 is 0. The van der Waals surface area contributed by atoms with Crippen molar-refractivity contribution in [1.82, 2.24) is 0 Å². The Labute approximate surface area is 110 Å². The normalized spacial score (nSPS) is 10.7. The maximum atomic E-state index is 13.5. The summed E-state index contributed by atoms with van der Waals surface area (Å²) in [6.07, 6.45) is 0.104. The van der Waals surface area contributed by atoms with Crippen LogP contribution in [-0.2, 0) is 6.42 Å². The molecule has 0 atom stereocenters. The number of halogens is 5. The summed E-state index contributed by atoms with van der Waals surface area (Å²) in [5.74, 6) is -9.81. The van der Waals surface area contributed by atoms with Gasteiger partial charge in [0.15, 0.2) is 23.3 Å². The van der Waals surface area contributed by atoms with E-state index in [1.165, 1.54) is 24.3 Å². The molecule has 0 fully saturated rings. The van der Waals surface area contributed by atoms with Crippen molar-refractivity contribution in [3.63, 3.8) is 0 Å². The Morgan fingerprint density at radius 1 is 0.750 bits per heavy atom. The van der Waals surface area contributed by atoms with E-state index in [4.69, 9.17) is 0 Å². The van der Waals surface area contributed by atoms with E-state index in [-0.39, 0.29) is 0 Å². The third-order valence-electron chi connectivity index (χ3n) is 2.80. The monoisotopic (exact) mass is 286 g/mol. The lowest BCUT2D eigenvalue weighted by molar-refractivity contribution is 0.112. The molecule has 1 nitrogen and oxygen atoms in total. The smallest absolute Gasteiger partial charge is 0.200 e. The first-order valence-electron chi connectivity index (χ1n) is 5.50. The Balaban J connectivity index is 2.45. The lowest BCUT2D eigenvalue weighted by Crippen LogP contribution is -2.07.